The fourth-order valence-corrected chi connectivity index (χ4v) is 6.14. The zero-order valence-corrected chi connectivity index (χ0v) is 20.1. The zero-order chi connectivity index (χ0) is 22.8. The Morgan fingerprint density at radius 1 is 1.19 bits per heavy atom. The number of anilines is 1. The number of benzene rings is 1. The van der Waals surface area contributed by atoms with Crippen LogP contribution < -0.4 is 10.8 Å². The number of hydrogen-bond donors (Lipinski definition) is 2. The maximum atomic E-state index is 11.9. The summed E-state index contributed by atoms with van der Waals surface area (Å²) < 4.78 is 6.28. The molecule has 0 aliphatic heterocycles. The van der Waals surface area contributed by atoms with Crippen LogP contribution >= 0.6 is 53.5 Å². The number of amides is 1. The number of nitrogens with one attached hydrogen (secondary N) is 1. The van der Waals surface area contributed by atoms with Crippen molar-refractivity contribution in [2.24, 2.45) is 5.73 Å². The van der Waals surface area contributed by atoms with Gasteiger partial charge in [0.2, 0.25) is 5.82 Å². The maximum Gasteiger partial charge on any atom is 0.287 e. The summed E-state index contributed by atoms with van der Waals surface area (Å²) in [7, 11) is -0.851. The smallest absolute Gasteiger partial charge is 0.287 e. The van der Waals surface area contributed by atoms with Crippen LogP contribution in [0.2, 0.25) is 15.1 Å². The third-order valence-electron chi connectivity index (χ3n) is 4.01. The Hall–Kier alpha value is -2.36. The average Bonchev–Trinajstić information content (AvgIpc) is 3.40. The molecule has 3 N–H and O–H groups in total. The number of carbonyl (C=O) groups excluding carboxylic acids is 1. The fourth-order valence-electron chi connectivity index (χ4n) is 2.72. The van der Waals surface area contributed by atoms with Gasteiger partial charge in [0.05, 0.1) is 28.0 Å². The summed E-state index contributed by atoms with van der Waals surface area (Å²) in [6, 6.07) is 8.69. The van der Waals surface area contributed by atoms with Gasteiger partial charge in [-0.3, -0.25) is 4.79 Å². The van der Waals surface area contributed by atoms with Crippen molar-refractivity contribution < 1.29 is 9.32 Å². The Kier molecular flexibility index (Phi) is 6.88. The van der Waals surface area contributed by atoms with Crippen LogP contribution in [0.3, 0.4) is 0 Å². The molecule has 0 spiro atoms. The van der Waals surface area contributed by atoms with Crippen LogP contribution in [0.5, 0.6) is 0 Å². The first-order chi connectivity index (χ1) is 15.3. The summed E-state index contributed by atoms with van der Waals surface area (Å²) in [4.78, 5) is 17.3. The molecule has 1 amide bonds. The van der Waals surface area contributed by atoms with Crippen molar-refractivity contribution in [1.82, 2.24) is 24.9 Å². The van der Waals surface area contributed by atoms with Crippen LogP contribution in [-0.2, 0) is 0 Å². The molecule has 1 aromatic carbocycles. The van der Waals surface area contributed by atoms with E-state index in [1.165, 1.54) is 17.0 Å². The lowest BCUT2D eigenvalue weighted by Crippen LogP contribution is -2.18. The largest absolute Gasteiger partial charge is 0.363 e. The van der Waals surface area contributed by atoms with E-state index < -0.39 is 13.2 Å². The minimum Gasteiger partial charge on any atom is -0.363 e. The molecular weight excluding hydrogens is 516 g/mol. The minimum absolute atomic E-state index is 0.111. The first kappa shape index (κ1) is 22.8. The lowest BCUT2D eigenvalue weighted by atomic mass is 10.3. The molecule has 0 saturated carbocycles. The molecule has 3 heterocycles. The lowest BCUT2D eigenvalue weighted by Gasteiger charge is -2.17. The highest BCUT2D eigenvalue weighted by Gasteiger charge is 2.24. The number of hydrogen-bond acceptors (Lipinski definition) is 8. The van der Waals surface area contributed by atoms with E-state index in [0.717, 1.165) is 4.90 Å². The summed E-state index contributed by atoms with van der Waals surface area (Å²) in [5, 5.41) is 16.7. The Balaban J connectivity index is 1.70. The Morgan fingerprint density at radius 2 is 2.00 bits per heavy atom. The molecule has 1 unspecified atom stereocenters. The number of aromatic nitrogens is 5. The van der Waals surface area contributed by atoms with E-state index in [9.17, 15) is 4.79 Å². The molecule has 14 heteroatoms. The number of rotatable bonds is 7. The number of pyridine rings is 1. The first-order valence-electron chi connectivity index (χ1n) is 8.79. The van der Waals surface area contributed by atoms with Gasteiger partial charge >= 0.3 is 0 Å². The normalized spacial score (nSPS) is 12.0. The average molecular weight is 529 g/mol. The molecule has 0 aliphatic rings. The van der Waals surface area contributed by atoms with Gasteiger partial charge in [0.1, 0.15) is 12.0 Å². The second-order valence-electron chi connectivity index (χ2n) is 6.23. The van der Waals surface area contributed by atoms with Crippen molar-refractivity contribution in [2.75, 3.05) is 11.8 Å². The van der Waals surface area contributed by atoms with E-state index >= 15 is 0 Å². The van der Waals surface area contributed by atoms with Gasteiger partial charge in [-0.05, 0) is 30.9 Å². The maximum absolute atomic E-state index is 11.9. The minimum atomic E-state index is -0.851. The monoisotopic (exact) mass is 527 g/mol. The van der Waals surface area contributed by atoms with Crippen molar-refractivity contribution in [1.29, 1.82) is 0 Å². The Labute approximate surface area is 202 Å². The molecule has 0 bridgehead atoms. The molecule has 0 saturated heterocycles. The lowest BCUT2D eigenvalue weighted by molar-refractivity contribution is 0.0988. The molecule has 3 aromatic heterocycles. The van der Waals surface area contributed by atoms with Gasteiger partial charge in [0.15, 0.2) is 11.6 Å². The number of carbonyl (C=O) groups is 1. The second-order valence-corrected chi connectivity index (χ2v) is 11.5. The quantitative estimate of drug-likeness (QED) is 0.300. The van der Waals surface area contributed by atoms with E-state index in [0.29, 0.717) is 26.4 Å². The summed E-state index contributed by atoms with van der Waals surface area (Å²) >= 11 is 19.9. The molecular formula is C18H13Cl3N7O2PS. The van der Waals surface area contributed by atoms with E-state index in [-0.39, 0.29) is 17.5 Å². The zero-order valence-electron chi connectivity index (χ0n) is 16.2. The van der Waals surface area contributed by atoms with Gasteiger partial charge in [-0.15, -0.1) is 10.2 Å². The van der Waals surface area contributed by atoms with Crippen LogP contribution in [0, 0.1) is 0 Å². The molecule has 0 radical (unpaired) electrons. The van der Waals surface area contributed by atoms with Crippen LogP contribution in [0.1, 0.15) is 10.6 Å². The van der Waals surface area contributed by atoms with Gasteiger partial charge in [-0.1, -0.05) is 51.3 Å². The highest BCUT2D eigenvalue weighted by atomic mass is 35.5. The van der Waals surface area contributed by atoms with Gasteiger partial charge < -0.3 is 15.3 Å². The molecule has 9 nitrogen and oxygen atoms in total. The number of primary amides is 1. The van der Waals surface area contributed by atoms with E-state index in [1.54, 1.807) is 35.6 Å². The molecule has 0 fully saturated rings. The van der Waals surface area contributed by atoms with Gasteiger partial charge in [-0.25, -0.2) is 9.55 Å². The van der Waals surface area contributed by atoms with Crippen LogP contribution in [0.15, 0.2) is 52.2 Å². The van der Waals surface area contributed by atoms with Crippen molar-refractivity contribution in [3.05, 3.63) is 63.7 Å². The van der Waals surface area contributed by atoms with Crippen molar-refractivity contribution >= 4 is 65.1 Å². The van der Waals surface area contributed by atoms with Crippen molar-refractivity contribution in [3.63, 3.8) is 0 Å². The molecule has 32 heavy (non-hydrogen) atoms. The van der Waals surface area contributed by atoms with Crippen molar-refractivity contribution in [3.8, 4) is 17.3 Å². The highest BCUT2D eigenvalue weighted by molar-refractivity contribution is 8.56. The standard InChI is InChI=1S/C18H13Cl3N7O2PS/c1-31(32-10-2-3-11(20)12(21)7-10)27-13-6-9(19)8-23-15(13)17-24-25-18(16(22)29)28(17)14-4-5-30-26-14/h2-8,27H,1H3,(H2,22,29). The summed E-state index contributed by atoms with van der Waals surface area (Å²) in [6.45, 7) is 2.02. The summed E-state index contributed by atoms with van der Waals surface area (Å²) in [5.74, 6) is -0.357. The van der Waals surface area contributed by atoms with Crippen LogP contribution in [0.25, 0.3) is 17.3 Å². The number of nitrogens with two attached hydrogens (primary N) is 1. The molecule has 4 rings (SSSR count). The third-order valence-corrected chi connectivity index (χ3v) is 7.98. The molecule has 0 aliphatic carbocycles. The van der Waals surface area contributed by atoms with E-state index in [4.69, 9.17) is 45.1 Å². The van der Waals surface area contributed by atoms with Gasteiger partial charge in [0.25, 0.3) is 5.91 Å². The number of halogens is 3. The van der Waals surface area contributed by atoms with Crippen LogP contribution in [-0.4, -0.2) is 37.5 Å². The topological polar surface area (TPSA) is 125 Å². The number of nitrogens with zero attached hydrogens (tertiary/aromatic N) is 5. The van der Waals surface area contributed by atoms with E-state index in [2.05, 4.69) is 25.4 Å². The Bertz CT molecular complexity index is 1290. The molecule has 4 aromatic rings. The molecule has 1 atom stereocenters. The third kappa shape index (κ3) is 4.84. The van der Waals surface area contributed by atoms with E-state index in [1.807, 2.05) is 12.7 Å². The van der Waals surface area contributed by atoms with Crippen molar-refractivity contribution in [2.45, 2.75) is 4.90 Å². The first-order valence-corrected chi connectivity index (χ1v) is 13.1. The SMILES string of the molecule is CP(Nc1cc(Cl)cnc1-c1nnc(C(N)=O)n1-c1ccon1)Sc1ccc(Cl)c(Cl)c1. The predicted octanol–water partition coefficient (Wildman–Crippen LogP) is 5.52. The Morgan fingerprint density at radius 3 is 2.69 bits per heavy atom. The van der Waals surface area contributed by atoms with Gasteiger partial charge in [0, 0.05) is 17.2 Å². The van der Waals surface area contributed by atoms with Gasteiger partial charge in [-0.2, -0.15) is 0 Å². The predicted molar refractivity (Wildman–Crippen MR) is 127 cm³/mol. The summed E-state index contributed by atoms with van der Waals surface area (Å²) in [5.41, 5.74) is 6.46. The highest BCUT2D eigenvalue weighted by Crippen LogP contribution is 2.52. The summed E-state index contributed by atoms with van der Waals surface area (Å²) in [6.07, 6.45) is 2.83. The fraction of sp³-hybridized carbons (Fsp3) is 0.0556. The molecule has 164 valence electrons. The van der Waals surface area contributed by atoms with Crippen LogP contribution in [0.4, 0.5) is 5.69 Å². The second kappa shape index (κ2) is 9.64.